The van der Waals surface area contributed by atoms with Crippen LogP contribution in [0.1, 0.15) is 57.1 Å². The molecule has 0 saturated heterocycles. The van der Waals surface area contributed by atoms with Gasteiger partial charge in [-0.1, -0.05) is 36.9 Å². The van der Waals surface area contributed by atoms with Crippen molar-refractivity contribution in [2.75, 3.05) is 0 Å². The summed E-state index contributed by atoms with van der Waals surface area (Å²) >= 11 is 6.16. The van der Waals surface area contributed by atoms with Crippen LogP contribution in [0.5, 0.6) is 0 Å². The van der Waals surface area contributed by atoms with E-state index >= 15 is 0 Å². The van der Waals surface area contributed by atoms with E-state index in [2.05, 4.69) is 25.2 Å². The molecule has 0 unspecified atom stereocenters. The van der Waals surface area contributed by atoms with E-state index in [0.29, 0.717) is 0 Å². The molecule has 2 aliphatic rings. The first kappa shape index (κ1) is 15.6. The lowest BCUT2D eigenvalue weighted by Crippen LogP contribution is -2.44. The summed E-state index contributed by atoms with van der Waals surface area (Å²) in [5, 5.41) is 4.25. The Kier molecular flexibility index (Phi) is 4.31. The number of hydrogen-bond donors (Lipinski definition) is 1. The molecule has 22 heavy (non-hydrogen) atoms. The zero-order valence-corrected chi connectivity index (χ0v) is 14.2. The lowest BCUT2D eigenvalue weighted by molar-refractivity contribution is -0.119. The Balaban J connectivity index is 1.93. The molecule has 2 nitrogen and oxygen atoms in total. The van der Waals surface area contributed by atoms with Crippen molar-refractivity contribution < 1.29 is 4.79 Å². The van der Waals surface area contributed by atoms with E-state index < -0.39 is 0 Å². The van der Waals surface area contributed by atoms with Gasteiger partial charge in [-0.2, -0.15) is 0 Å². The van der Waals surface area contributed by atoms with Gasteiger partial charge in [0.25, 0.3) is 0 Å². The molecule has 0 aromatic heterocycles. The number of benzene rings is 1. The first-order valence-corrected chi connectivity index (χ1v) is 8.65. The van der Waals surface area contributed by atoms with Crippen molar-refractivity contribution in [3.8, 4) is 0 Å². The van der Waals surface area contributed by atoms with Crippen LogP contribution in [0.15, 0.2) is 24.3 Å². The van der Waals surface area contributed by atoms with Crippen molar-refractivity contribution in [3.05, 3.63) is 40.4 Å². The summed E-state index contributed by atoms with van der Waals surface area (Å²) in [6.07, 6.45) is 8.47. The average molecular weight is 318 g/mol. The third-order valence-electron chi connectivity index (χ3n) is 4.76. The molecule has 0 atom stereocenters. The monoisotopic (exact) mass is 317 g/mol. The highest BCUT2D eigenvalue weighted by Crippen LogP contribution is 2.32. The maximum atomic E-state index is 12.6. The van der Waals surface area contributed by atoms with Crippen LogP contribution >= 0.6 is 11.6 Å². The van der Waals surface area contributed by atoms with Crippen molar-refractivity contribution >= 4 is 23.1 Å². The normalized spacial score (nSPS) is 23.0. The fraction of sp³-hybridized carbons (Fsp3) is 0.526. The Bertz CT molecular complexity index is 612. The number of ketones is 1. The van der Waals surface area contributed by atoms with E-state index in [4.69, 9.17) is 11.6 Å². The highest BCUT2D eigenvalue weighted by Gasteiger charge is 2.29. The standard InChI is InChI=1S/C19H24ClNO/c1-19(2)12-14-8-9-15(20)10-16(14)17(21-19)11-18(22)13-6-4-3-5-7-13/h8-11,13,21H,3-7,12H2,1-2H3/b17-11-. The number of halogens is 1. The molecule has 1 aliphatic carbocycles. The van der Waals surface area contributed by atoms with E-state index in [9.17, 15) is 4.79 Å². The Hall–Kier alpha value is -1.28. The molecule has 1 aromatic carbocycles. The second-order valence-corrected chi connectivity index (χ2v) is 7.72. The van der Waals surface area contributed by atoms with Crippen LogP contribution in [0, 0.1) is 5.92 Å². The largest absolute Gasteiger partial charge is 0.379 e. The van der Waals surface area contributed by atoms with E-state index in [-0.39, 0.29) is 17.2 Å². The molecule has 1 aliphatic heterocycles. The van der Waals surface area contributed by atoms with Gasteiger partial charge in [0, 0.05) is 33.8 Å². The van der Waals surface area contributed by atoms with Gasteiger partial charge in [0.2, 0.25) is 0 Å². The van der Waals surface area contributed by atoms with Gasteiger partial charge in [0.05, 0.1) is 0 Å². The van der Waals surface area contributed by atoms with Gasteiger partial charge in [0.1, 0.15) is 0 Å². The maximum absolute atomic E-state index is 12.6. The molecular weight excluding hydrogens is 294 g/mol. The first-order valence-electron chi connectivity index (χ1n) is 8.27. The summed E-state index contributed by atoms with van der Waals surface area (Å²) in [6.45, 7) is 4.34. The molecule has 3 rings (SSSR count). The highest BCUT2D eigenvalue weighted by atomic mass is 35.5. The second-order valence-electron chi connectivity index (χ2n) is 7.28. The molecule has 0 radical (unpaired) electrons. The Morgan fingerprint density at radius 1 is 1.27 bits per heavy atom. The number of rotatable bonds is 2. The van der Waals surface area contributed by atoms with Gasteiger partial charge in [-0.3, -0.25) is 4.79 Å². The fourth-order valence-corrected chi connectivity index (χ4v) is 3.84. The van der Waals surface area contributed by atoms with Gasteiger partial charge in [-0.15, -0.1) is 0 Å². The van der Waals surface area contributed by atoms with Crippen LogP contribution in [0.25, 0.3) is 5.70 Å². The number of carbonyl (C=O) groups is 1. The summed E-state index contributed by atoms with van der Waals surface area (Å²) in [5.41, 5.74) is 3.23. The van der Waals surface area contributed by atoms with Crippen LogP contribution in [0.2, 0.25) is 5.02 Å². The molecule has 118 valence electrons. The Labute approximate surface area is 137 Å². The van der Waals surface area contributed by atoms with Crippen LogP contribution in [0.4, 0.5) is 0 Å². The van der Waals surface area contributed by atoms with Gasteiger partial charge in [-0.05, 0) is 50.8 Å². The molecule has 1 fully saturated rings. The fourth-order valence-electron chi connectivity index (χ4n) is 3.67. The molecule has 0 amide bonds. The zero-order valence-electron chi connectivity index (χ0n) is 13.4. The predicted octanol–water partition coefficient (Wildman–Crippen LogP) is 4.75. The van der Waals surface area contributed by atoms with E-state index in [1.807, 2.05) is 18.2 Å². The number of fused-ring (bicyclic) bond motifs is 1. The van der Waals surface area contributed by atoms with Crippen LogP contribution in [-0.4, -0.2) is 11.3 Å². The first-order chi connectivity index (χ1) is 10.4. The van der Waals surface area contributed by atoms with Crippen LogP contribution in [0.3, 0.4) is 0 Å². The number of carbonyl (C=O) groups excluding carboxylic acids is 1. The molecule has 1 N–H and O–H groups in total. The maximum Gasteiger partial charge on any atom is 0.160 e. The minimum Gasteiger partial charge on any atom is -0.379 e. The number of allylic oxidation sites excluding steroid dienone is 1. The predicted molar refractivity (Wildman–Crippen MR) is 91.9 cm³/mol. The summed E-state index contributed by atoms with van der Waals surface area (Å²) < 4.78 is 0. The molecule has 1 saturated carbocycles. The molecule has 0 bridgehead atoms. The average Bonchev–Trinajstić information content (AvgIpc) is 2.48. The van der Waals surface area contributed by atoms with Gasteiger partial charge in [-0.25, -0.2) is 0 Å². The third-order valence-corrected chi connectivity index (χ3v) is 5.00. The van der Waals surface area contributed by atoms with Gasteiger partial charge >= 0.3 is 0 Å². The van der Waals surface area contributed by atoms with E-state index in [1.54, 1.807) is 0 Å². The molecule has 1 heterocycles. The van der Waals surface area contributed by atoms with Crippen LogP contribution < -0.4 is 5.32 Å². The smallest absolute Gasteiger partial charge is 0.160 e. The summed E-state index contributed by atoms with van der Waals surface area (Å²) in [4.78, 5) is 12.6. The lowest BCUT2D eigenvalue weighted by atomic mass is 9.83. The Morgan fingerprint density at radius 3 is 2.73 bits per heavy atom. The van der Waals surface area contributed by atoms with Crippen molar-refractivity contribution in [1.82, 2.24) is 5.32 Å². The number of nitrogens with one attached hydrogen (secondary N) is 1. The molecule has 0 spiro atoms. The van der Waals surface area contributed by atoms with E-state index in [1.165, 1.54) is 24.8 Å². The van der Waals surface area contributed by atoms with Crippen molar-refractivity contribution in [2.24, 2.45) is 5.92 Å². The van der Waals surface area contributed by atoms with Crippen molar-refractivity contribution in [3.63, 3.8) is 0 Å². The summed E-state index contributed by atoms with van der Waals surface area (Å²) in [5.74, 6) is 0.474. The van der Waals surface area contributed by atoms with E-state index in [0.717, 1.165) is 35.5 Å². The number of hydrogen-bond acceptors (Lipinski definition) is 2. The molecular formula is C19H24ClNO. The topological polar surface area (TPSA) is 29.1 Å². The van der Waals surface area contributed by atoms with Gasteiger partial charge in [0.15, 0.2) is 5.78 Å². The molecule has 1 aromatic rings. The summed E-state index contributed by atoms with van der Waals surface area (Å²) in [7, 11) is 0. The highest BCUT2D eigenvalue weighted by molar-refractivity contribution is 6.30. The summed E-state index contributed by atoms with van der Waals surface area (Å²) in [6, 6.07) is 5.99. The minimum atomic E-state index is -0.0422. The quantitative estimate of drug-likeness (QED) is 0.797. The third kappa shape index (κ3) is 3.38. The lowest BCUT2D eigenvalue weighted by Gasteiger charge is -2.36. The van der Waals surface area contributed by atoms with Crippen molar-refractivity contribution in [1.29, 1.82) is 0 Å². The molecule has 3 heteroatoms. The second kappa shape index (κ2) is 6.08. The zero-order chi connectivity index (χ0) is 15.7. The van der Waals surface area contributed by atoms with Gasteiger partial charge < -0.3 is 5.32 Å². The van der Waals surface area contributed by atoms with Crippen LogP contribution in [-0.2, 0) is 11.2 Å². The Morgan fingerprint density at radius 2 is 2.00 bits per heavy atom. The SMILES string of the molecule is CC1(C)Cc2ccc(Cl)cc2/C(=C/C(=O)C2CCCCC2)N1. The van der Waals surface area contributed by atoms with Crippen molar-refractivity contribution in [2.45, 2.75) is 57.9 Å². The minimum absolute atomic E-state index is 0.0422.